The van der Waals surface area contributed by atoms with Crippen molar-refractivity contribution < 1.29 is 33.9 Å². The number of phenolic OH excluding ortho intramolecular Hbond substituents is 1. The summed E-state index contributed by atoms with van der Waals surface area (Å²) in [7, 11) is 0. The van der Waals surface area contributed by atoms with Crippen molar-refractivity contribution in [1.82, 2.24) is 36.9 Å². The molecule has 2 heterocycles. The number of aromatic hydroxyl groups is 1. The molecule has 17 nitrogen and oxygen atoms in total. The molecule has 5 rings (SSSR count). The van der Waals surface area contributed by atoms with E-state index in [0.29, 0.717) is 57.2 Å². The highest BCUT2D eigenvalue weighted by Crippen LogP contribution is 2.20. The molecule has 4 atom stereocenters. The molecular formula is C48H64N10O7. The summed E-state index contributed by atoms with van der Waals surface area (Å²) in [5, 5.41) is 28.2. The lowest BCUT2D eigenvalue weighted by atomic mass is 10.0. The van der Waals surface area contributed by atoms with E-state index in [-0.39, 0.29) is 68.6 Å². The van der Waals surface area contributed by atoms with Gasteiger partial charge < -0.3 is 53.5 Å². The van der Waals surface area contributed by atoms with Gasteiger partial charge in [-0.1, -0.05) is 79.9 Å². The van der Waals surface area contributed by atoms with Crippen molar-refractivity contribution in [2.24, 2.45) is 16.5 Å². The number of nitrogens with two attached hydrogens (primary N) is 2. The van der Waals surface area contributed by atoms with Crippen molar-refractivity contribution in [3.05, 3.63) is 102 Å². The number of carbonyl (C=O) groups is 6. The second kappa shape index (κ2) is 26.0. The minimum absolute atomic E-state index is 0.0371. The second-order valence-corrected chi connectivity index (χ2v) is 16.5. The number of nitrogens with zero attached hydrogens (tertiary/aromatic N) is 1. The minimum Gasteiger partial charge on any atom is -0.508 e. The summed E-state index contributed by atoms with van der Waals surface area (Å²) in [5.74, 6) is -2.82. The molecule has 0 unspecified atom stereocenters. The van der Waals surface area contributed by atoms with Crippen LogP contribution in [0, 0.1) is 0 Å². The fraction of sp³-hybridized carbons (Fsp3) is 0.438. The fourth-order valence-electron chi connectivity index (χ4n) is 7.72. The molecule has 65 heavy (non-hydrogen) atoms. The molecule has 0 aliphatic carbocycles. The number of aromatic amines is 1. The smallest absolute Gasteiger partial charge is 0.243 e. The Morgan fingerprint density at radius 3 is 1.83 bits per heavy atom. The van der Waals surface area contributed by atoms with E-state index in [1.54, 1.807) is 30.5 Å². The van der Waals surface area contributed by atoms with Crippen molar-refractivity contribution in [2.45, 2.75) is 114 Å². The van der Waals surface area contributed by atoms with Crippen LogP contribution in [0.25, 0.3) is 10.9 Å². The van der Waals surface area contributed by atoms with E-state index in [1.165, 1.54) is 12.1 Å². The van der Waals surface area contributed by atoms with E-state index in [4.69, 9.17) is 11.5 Å². The molecule has 0 spiro atoms. The van der Waals surface area contributed by atoms with Crippen LogP contribution in [0.5, 0.6) is 5.75 Å². The van der Waals surface area contributed by atoms with Crippen molar-refractivity contribution >= 4 is 52.3 Å². The predicted octanol–water partition coefficient (Wildman–Crippen LogP) is 2.65. The molecule has 0 bridgehead atoms. The summed E-state index contributed by atoms with van der Waals surface area (Å²) in [6.07, 6.45) is 7.77. The van der Waals surface area contributed by atoms with Crippen molar-refractivity contribution in [3.8, 4) is 5.75 Å². The third-order valence-electron chi connectivity index (χ3n) is 11.3. The number of aromatic nitrogens is 1. The maximum Gasteiger partial charge on any atom is 0.243 e. The molecule has 3 aromatic carbocycles. The number of hydrogen-bond donors (Lipinski definition) is 10. The average Bonchev–Trinajstić information content (AvgIpc) is 3.70. The van der Waals surface area contributed by atoms with Gasteiger partial charge in [0.25, 0.3) is 0 Å². The number of amides is 6. The number of benzene rings is 3. The molecule has 1 aromatic heterocycles. The normalized spacial score (nSPS) is 20.8. The monoisotopic (exact) mass is 892 g/mol. The van der Waals surface area contributed by atoms with Crippen LogP contribution in [0.2, 0.25) is 0 Å². The van der Waals surface area contributed by atoms with Crippen LogP contribution in [-0.2, 0) is 48.0 Å². The number of aliphatic imine (C=N–C) groups is 1. The Hall–Kier alpha value is -6.91. The molecule has 1 fully saturated rings. The summed E-state index contributed by atoms with van der Waals surface area (Å²) < 4.78 is 0. The first kappa shape index (κ1) is 49.1. The molecule has 0 radical (unpaired) electrons. The van der Waals surface area contributed by atoms with E-state index in [0.717, 1.165) is 34.9 Å². The van der Waals surface area contributed by atoms with Gasteiger partial charge in [0, 0.05) is 68.8 Å². The van der Waals surface area contributed by atoms with Gasteiger partial charge in [-0.3, -0.25) is 33.8 Å². The number of rotatable bonds is 10. The molecular weight excluding hydrogens is 829 g/mol. The Balaban J connectivity index is 1.44. The number of nitrogens with one attached hydrogen (secondary N) is 7. The topological polar surface area (TPSA) is 275 Å². The van der Waals surface area contributed by atoms with E-state index >= 15 is 0 Å². The first-order chi connectivity index (χ1) is 31.4. The highest BCUT2D eigenvalue weighted by molar-refractivity contribution is 5.96. The van der Waals surface area contributed by atoms with Crippen LogP contribution < -0.4 is 43.4 Å². The number of fused-ring (bicyclic) bond motifs is 1. The predicted molar refractivity (Wildman–Crippen MR) is 249 cm³/mol. The SMILES string of the molecule is NC(N)=NCCC[C@@H]1NC(=O)[C@@H](Cc2ccccc2)NC(=O)[C@H](Cc2ccc(O)cc2)NC(=O)CCCCCNC(=O)CCCCCCNC(=O)[C@H](Cc2c[nH]c3ccccc23)NC1=O. The Bertz CT molecular complexity index is 2210. The molecule has 348 valence electrons. The first-order valence-corrected chi connectivity index (χ1v) is 22.6. The summed E-state index contributed by atoms with van der Waals surface area (Å²) in [6, 6.07) is 18.4. The quantitative estimate of drug-likeness (QED) is 0.0636. The van der Waals surface area contributed by atoms with E-state index in [1.807, 2.05) is 42.5 Å². The van der Waals surface area contributed by atoms with Crippen LogP contribution in [0.3, 0.4) is 0 Å². The van der Waals surface area contributed by atoms with Crippen LogP contribution in [0.4, 0.5) is 0 Å². The lowest BCUT2D eigenvalue weighted by molar-refractivity contribution is -0.134. The van der Waals surface area contributed by atoms with Gasteiger partial charge in [0.2, 0.25) is 35.4 Å². The maximum absolute atomic E-state index is 14.5. The minimum atomic E-state index is -1.21. The third-order valence-corrected chi connectivity index (χ3v) is 11.3. The molecule has 4 aromatic rings. The third kappa shape index (κ3) is 17.0. The lowest BCUT2D eigenvalue weighted by Gasteiger charge is -2.27. The first-order valence-electron chi connectivity index (χ1n) is 22.6. The van der Waals surface area contributed by atoms with E-state index in [2.05, 4.69) is 41.9 Å². The lowest BCUT2D eigenvalue weighted by Crippen LogP contribution is -2.59. The van der Waals surface area contributed by atoms with Gasteiger partial charge >= 0.3 is 0 Å². The summed E-state index contributed by atoms with van der Waals surface area (Å²) in [6.45, 7) is 1.00. The van der Waals surface area contributed by atoms with Crippen molar-refractivity contribution in [2.75, 3.05) is 19.6 Å². The molecule has 1 saturated heterocycles. The number of guanidine groups is 1. The number of H-pyrrole nitrogens is 1. The van der Waals surface area contributed by atoms with Gasteiger partial charge in [-0.05, 0) is 73.4 Å². The van der Waals surface area contributed by atoms with Crippen LogP contribution in [0.1, 0.15) is 87.3 Å². The number of carbonyl (C=O) groups excluding carboxylic acids is 6. The highest BCUT2D eigenvalue weighted by atomic mass is 16.3. The Labute approximate surface area is 379 Å². The molecule has 17 heteroatoms. The van der Waals surface area contributed by atoms with Crippen molar-refractivity contribution in [3.63, 3.8) is 0 Å². The summed E-state index contributed by atoms with van der Waals surface area (Å²) in [4.78, 5) is 90.2. The Kier molecular flexibility index (Phi) is 19.7. The Morgan fingerprint density at radius 2 is 1.12 bits per heavy atom. The van der Waals surface area contributed by atoms with Gasteiger partial charge in [-0.2, -0.15) is 0 Å². The van der Waals surface area contributed by atoms with Gasteiger partial charge in [0.1, 0.15) is 29.9 Å². The summed E-state index contributed by atoms with van der Waals surface area (Å²) in [5.41, 5.74) is 14.2. The molecule has 0 saturated carbocycles. The molecule has 12 N–H and O–H groups in total. The largest absolute Gasteiger partial charge is 0.508 e. The zero-order valence-corrected chi connectivity index (χ0v) is 36.9. The standard InChI is InChI=1S/C48H64N10O7/c49-48(50)53-27-13-18-38-45(63)58-41(30-34-31-54-37-17-10-9-16-36(34)37)44(62)52-26-11-2-1-7-19-42(60)51-25-12-4-8-20-43(61)55-39(29-33-21-23-35(59)24-22-33)46(64)57-40(47(65)56-38)28-32-14-5-3-6-15-32/h3,5-6,9-10,14-17,21-24,31,38-41,54,59H,1-2,4,7-8,11-13,18-20,25-30H2,(H,51,60)(H,52,62)(H,55,61)(H,56,65)(H,57,64)(H,58,63)(H4,49,50,53)/t38-,39-,40+,41-/m0/s1. The van der Waals surface area contributed by atoms with Crippen LogP contribution >= 0.6 is 0 Å². The average molecular weight is 893 g/mol. The van der Waals surface area contributed by atoms with Crippen molar-refractivity contribution in [1.29, 1.82) is 0 Å². The molecule has 6 amide bonds. The van der Waals surface area contributed by atoms with Crippen LogP contribution in [-0.4, -0.2) is 95.3 Å². The molecule has 1 aliphatic rings. The number of para-hydroxylation sites is 1. The van der Waals surface area contributed by atoms with Gasteiger partial charge in [-0.25, -0.2) is 0 Å². The van der Waals surface area contributed by atoms with E-state index < -0.39 is 47.8 Å². The van der Waals surface area contributed by atoms with E-state index in [9.17, 15) is 33.9 Å². The zero-order valence-electron chi connectivity index (χ0n) is 36.9. The Morgan fingerprint density at radius 1 is 0.569 bits per heavy atom. The molecule has 1 aliphatic heterocycles. The fourth-order valence-corrected chi connectivity index (χ4v) is 7.72. The summed E-state index contributed by atoms with van der Waals surface area (Å²) >= 11 is 0. The highest BCUT2D eigenvalue weighted by Gasteiger charge is 2.32. The number of phenols is 1. The van der Waals surface area contributed by atoms with Crippen LogP contribution in [0.15, 0.2) is 90.1 Å². The second-order valence-electron chi connectivity index (χ2n) is 16.5. The van der Waals surface area contributed by atoms with Gasteiger partial charge in [0.15, 0.2) is 5.96 Å². The maximum atomic E-state index is 14.5. The van der Waals surface area contributed by atoms with Gasteiger partial charge in [-0.15, -0.1) is 0 Å². The zero-order chi connectivity index (χ0) is 46.4. The van der Waals surface area contributed by atoms with Gasteiger partial charge in [0.05, 0.1) is 0 Å². The number of hydrogen-bond acceptors (Lipinski definition) is 8.